The van der Waals surface area contributed by atoms with Gasteiger partial charge in [-0.2, -0.15) is 0 Å². The number of carboxylic acid groups (broad SMARTS) is 1. The average Bonchev–Trinajstić information content (AvgIpc) is 2.92. The number of thiophene rings is 1. The summed E-state index contributed by atoms with van der Waals surface area (Å²) in [6.07, 6.45) is 0.0814. The zero-order valence-corrected chi connectivity index (χ0v) is 15.5. The van der Waals surface area contributed by atoms with Crippen LogP contribution in [0.3, 0.4) is 0 Å². The highest BCUT2D eigenvalue weighted by Gasteiger charge is 2.25. The predicted molar refractivity (Wildman–Crippen MR) is 98.0 cm³/mol. The van der Waals surface area contributed by atoms with Gasteiger partial charge in [0.25, 0.3) is 0 Å². The molecule has 0 aliphatic carbocycles. The van der Waals surface area contributed by atoms with Gasteiger partial charge in [-0.3, -0.25) is 9.59 Å². The number of benzene rings is 1. The molecule has 1 atom stereocenters. The normalized spacial score (nSPS) is 12.0. The van der Waals surface area contributed by atoms with Crippen molar-refractivity contribution in [1.82, 2.24) is 10.2 Å². The summed E-state index contributed by atoms with van der Waals surface area (Å²) < 4.78 is 1.02. The molecule has 0 spiro atoms. The predicted octanol–water partition coefficient (Wildman–Crippen LogP) is 2.54. The average molecular weight is 383 g/mol. The molecule has 1 unspecified atom stereocenters. The van der Waals surface area contributed by atoms with E-state index in [-0.39, 0.29) is 31.3 Å². The molecule has 0 bridgehead atoms. The van der Waals surface area contributed by atoms with Crippen LogP contribution >= 0.6 is 22.9 Å². The number of rotatable bonds is 7. The Morgan fingerprint density at radius 1 is 1.36 bits per heavy atom. The third kappa shape index (κ3) is 4.93. The van der Waals surface area contributed by atoms with E-state index in [1.165, 1.54) is 30.1 Å². The highest BCUT2D eigenvalue weighted by atomic mass is 35.5. The lowest BCUT2D eigenvalue weighted by Gasteiger charge is -2.26. The van der Waals surface area contributed by atoms with Gasteiger partial charge in [-0.25, -0.2) is 4.79 Å². The zero-order chi connectivity index (χ0) is 18.6. The summed E-state index contributed by atoms with van der Waals surface area (Å²) in [5.41, 5.74) is 0.814. The van der Waals surface area contributed by atoms with E-state index in [2.05, 4.69) is 5.32 Å². The number of hydrogen-bond donors (Lipinski definition) is 2. The number of nitrogens with one attached hydrogen (secondary N) is 1. The lowest BCUT2D eigenvalue weighted by molar-refractivity contribution is -0.149. The summed E-state index contributed by atoms with van der Waals surface area (Å²) in [4.78, 5) is 36.2. The van der Waals surface area contributed by atoms with Gasteiger partial charge < -0.3 is 15.3 Å². The third-order valence-corrected chi connectivity index (χ3v) is 5.08. The van der Waals surface area contributed by atoms with Gasteiger partial charge in [0.05, 0.1) is 6.42 Å². The molecular weight excluding hydrogens is 364 g/mol. The van der Waals surface area contributed by atoms with Gasteiger partial charge >= 0.3 is 5.97 Å². The molecule has 0 aliphatic rings. The number of carbonyl (C=O) groups excluding carboxylic acids is 2. The van der Waals surface area contributed by atoms with Gasteiger partial charge in [0.1, 0.15) is 6.04 Å². The van der Waals surface area contributed by atoms with Crippen LogP contribution in [-0.4, -0.2) is 46.9 Å². The number of carbonyl (C=O) groups is 3. The van der Waals surface area contributed by atoms with Crippen molar-refractivity contribution in [2.75, 3.05) is 13.1 Å². The number of amides is 2. The maximum absolute atomic E-state index is 12.7. The lowest BCUT2D eigenvalue weighted by Crippen LogP contribution is -2.47. The van der Waals surface area contributed by atoms with Crippen LogP contribution in [0.5, 0.6) is 0 Å². The van der Waals surface area contributed by atoms with E-state index in [4.69, 9.17) is 11.6 Å². The number of aliphatic carboxylic acids is 1. The van der Waals surface area contributed by atoms with Crippen LogP contribution in [-0.2, 0) is 20.8 Å². The van der Waals surface area contributed by atoms with Crippen LogP contribution in [0.25, 0.3) is 10.1 Å². The fourth-order valence-corrected chi connectivity index (χ4v) is 3.59. The Labute approximate surface area is 154 Å². The summed E-state index contributed by atoms with van der Waals surface area (Å²) in [5, 5.41) is 15.2. The molecular formula is C17H19ClN2O4S. The highest BCUT2D eigenvalue weighted by Crippen LogP contribution is 2.29. The van der Waals surface area contributed by atoms with E-state index in [9.17, 15) is 19.5 Å². The van der Waals surface area contributed by atoms with Crippen molar-refractivity contribution < 1.29 is 19.5 Å². The Hall–Kier alpha value is -2.12. The van der Waals surface area contributed by atoms with Crippen molar-refractivity contribution in [1.29, 1.82) is 0 Å². The van der Waals surface area contributed by atoms with Crippen molar-refractivity contribution in [2.24, 2.45) is 0 Å². The monoisotopic (exact) mass is 382 g/mol. The minimum absolute atomic E-state index is 0.0814. The van der Waals surface area contributed by atoms with Crippen molar-refractivity contribution in [3.63, 3.8) is 0 Å². The van der Waals surface area contributed by atoms with Crippen molar-refractivity contribution in [3.05, 3.63) is 34.2 Å². The topological polar surface area (TPSA) is 86.7 Å². The van der Waals surface area contributed by atoms with E-state index in [0.717, 1.165) is 15.6 Å². The summed E-state index contributed by atoms with van der Waals surface area (Å²) in [7, 11) is 0. The molecule has 0 saturated carbocycles. The molecule has 2 N–H and O–H groups in total. The maximum Gasteiger partial charge on any atom is 0.326 e. The SMILES string of the molecule is CC(=O)NCCN(C(=O)Cc1csc2ccc(Cl)cc12)C(C)C(=O)O. The van der Waals surface area contributed by atoms with Gasteiger partial charge in [-0.15, -0.1) is 11.3 Å². The Morgan fingerprint density at radius 3 is 2.72 bits per heavy atom. The summed E-state index contributed by atoms with van der Waals surface area (Å²) in [5.74, 6) is -1.62. The first-order chi connectivity index (χ1) is 11.8. The minimum Gasteiger partial charge on any atom is -0.480 e. The lowest BCUT2D eigenvalue weighted by atomic mass is 10.1. The standard InChI is InChI=1S/C17H19ClN2O4S/c1-10(17(23)24)20(6-5-19-11(2)21)16(22)7-12-9-25-15-4-3-13(18)8-14(12)15/h3-4,8-10H,5-7H2,1-2H3,(H,19,21)(H,23,24). The number of fused-ring (bicyclic) bond motifs is 1. The second-order valence-corrected chi connectivity index (χ2v) is 7.01. The molecule has 2 amide bonds. The van der Waals surface area contributed by atoms with Crippen LogP contribution in [0.4, 0.5) is 0 Å². The van der Waals surface area contributed by atoms with Crippen LogP contribution in [0.1, 0.15) is 19.4 Å². The number of nitrogens with zero attached hydrogens (tertiary/aromatic N) is 1. The molecule has 25 heavy (non-hydrogen) atoms. The number of halogens is 1. The van der Waals surface area contributed by atoms with Gasteiger partial charge in [0.2, 0.25) is 11.8 Å². The highest BCUT2D eigenvalue weighted by molar-refractivity contribution is 7.17. The summed E-state index contributed by atoms with van der Waals surface area (Å²) in [6, 6.07) is 4.51. The van der Waals surface area contributed by atoms with Crippen molar-refractivity contribution >= 4 is 50.8 Å². The Morgan fingerprint density at radius 2 is 2.08 bits per heavy atom. The van der Waals surface area contributed by atoms with Crippen LogP contribution in [0.15, 0.2) is 23.6 Å². The smallest absolute Gasteiger partial charge is 0.326 e. The summed E-state index contributed by atoms with van der Waals surface area (Å²) >= 11 is 7.54. The fraction of sp³-hybridized carbons (Fsp3) is 0.353. The van der Waals surface area contributed by atoms with Gasteiger partial charge in [-0.1, -0.05) is 11.6 Å². The largest absolute Gasteiger partial charge is 0.480 e. The quantitative estimate of drug-likeness (QED) is 0.770. The minimum atomic E-state index is -1.09. The molecule has 0 aliphatic heterocycles. The Bertz CT molecular complexity index is 805. The molecule has 2 rings (SSSR count). The van der Waals surface area contributed by atoms with Crippen molar-refractivity contribution in [3.8, 4) is 0 Å². The van der Waals surface area contributed by atoms with E-state index in [0.29, 0.717) is 5.02 Å². The second-order valence-electron chi connectivity index (χ2n) is 5.66. The molecule has 2 aromatic rings. The number of hydrogen-bond acceptors (Lipinski definition) is 4. The first kappa shape index (κ1) is 19.2. The van der Waals surface area contributed by atoms with Crippen LogP contribution < -0.4 is 5.32 Å². The van der Waals surface area contributed by atoms with Crippen molar-refractivity contribution in [2.45, 2.75) is 26.3 Å². The Balaban J connectivity index is 2.18. The maximum atomic E-state index is 12.7. The molecule has 0 fully saturated rings. The zero-order valence-electron chi connectivity index (χ0n) is 13.9. The fourth-order valence-electron chi connectivity index (χ4n) is 2.48. The molecule has 1 aromatic heterocycles. The van der Waals surface area contributed by atoms with Gasteiger partial charge in [-0.05, 0) is 41.5 Å². The molecule has 0 radical (unpaired) electrons. The summed E-state index contributed by atoms with van der Waals surface area (Å²) in [6.45, 7) is 3.16. The molecule has 134 valence electrons. The van der Waals surface area contributed by atoms with E-state index in [1.54, 1.807) is 12.1 Å². The van der Waals surface area contributed by atoms with Gasteiger partial charge in [0.15, 0.2) is 0 Å². The van der Waals surface area contributed by atoms with E-state index < -0.39 is 12.0 Å². The van der Waals surface area contributed by atoms with Crippen LogP contribution in [0, 0.1) is 0 Å². The van der Waals surface area contributed by atoms with E-state index in [1.807, 2.05) is 11.4 Å². The molecule has 6 nitrogen and oxygen atoms in total. The van der Waals surface area contributed by atoms with E-state index >= 15 is 0 Å². The van der Waals surface area contributed by atoms with Gasteiger partial charge in [0, 0.05) is 29.7 Å². The Kier molecular flexibility index (Phi) is 6.39. The number of carboxylic acids is 1. The molecule has 1 aromatic carbocycles. The van der Waals surface area contributed by atoms with Crippen LogP contribution in [0.2, 0.25) is 5.02 Å². The first-order valence-corrected chi connectivity index (χ1v) is 8.97. The first-order valence-electron chi connectivity index (χ1n) is 7.72. The second kappa shape index (κ2) is 8.31. The molecule has 1 heterocycles. The molecule has 8 heteroatoms. The molecule has 0 saturated heterocycles. The third-order valence-electron chi connectivity index (χ3n) is 3.83.